The molecule has 7 atom stereocenters. The van der Waals surface area contributed by atoms with Crippen LogP contribution in [0.3, 0.4) is 0 Å². The Bertz CT molecular complexity index is 1430. The average molecular weight is 1160 g/mol. The van der Waals surface area contributed by atoms with Crippen LogP contribution in [0.2, 0.25) is 0 Å². The summed E-state index contributed by atoms with van der Waals surface area (Å²) in [6.45, 7) is 3.81. The number of nitrogens with one attached hydrogen (secondary N) is 1. The number of ether oxygens (including phenoxy) is 2. The van der Waals surface area contributed by atoms with Gasteiger partial charge in [-0.2, -0.15) is 0 Å². The van der Waals surface area contributed by atoms with Crippen LogP contribution in [-0.4, -0.2) is 87.5 Å². The van der Waals surface area contributed by atoms with E-state index in [-0.39, 0.29) is 12.5 Å². The van der Waals surface area contributed by atoms with E-state index >= 15 is 0 Å². The van der Waals surface area contributed by atoms with Crippen LogP contribution >= 0.6 is 0 Å². The first-order valence-corrected chi connectivity index (χ1v) is 35.9. The molecule has 1 heterocycles. The highest BCUT2D eigenvalue weighted by Gasteiger charge is 2.44. The van der Waals surface area contributed by atoms with E-state index in [1.165, 1.54) is 289 Å². The molecular weight excluding hydrogens is 1020 g/mol. The van der Waals surface area contributed by atoms with E-state index in [0.29, 0.717) is 6.42 Å². The highest BCUT2D eigenvalue weighted by molar-refractivity contribution is 5.76. The summed E-state index contributed by atoms with van der Waals surface area (Å²) in [5.41, 5.74) is 0. The van der Waals surface area contributed by atoms with Crippen molar-refractivity contribution in [3.05, 3.63) is 48.6 Å². The average Bonchev–Trinajstić information content (AvgIpc) is 3.57. The number of aliphatic hydroxyl groups excluding tert-OH is 5. The largest absolute Gasteiger partial charge is 0.394 e. The van der Waals surface area contributed by atoms with E-state index in [2.05, 4.69) is 55.6 Å². The van der Waals surface area contributed by atoms with Crippen molar-refractivity contribution in [2.75, 3.05) is 13.2 Å². The molecule has 482 valence electrons. The summed E-state index contributed by atoms with van der Waals surface area (Å²) in [5.74, 6) is -0.185. The fourth-order valence-electron chi connectivity index (χ4n) is 11.5. The van der Waals surface area contributed by atoms with E-state index < -0.39 is 49.5 Å². The van der Waals surface area contributed by atoms with Crippen LogP contribution < -0.4 is 5.32 Å². The van der Waals surface area contributed by atoms with E-state index in [1.807, 2.05) is 6.08 Å². The molecule has 9 nitrogen and oxygen atoms in total. The lowest BCUT2D eigenvalue weighted by Gasteiger charge is -2.40. The summed E-state index contributed by atoms with van der Waals surface area (Å²) in [6, 6.07) is -0.830. The number of carbonyl (C=O) groups is 1. The molecule has 0 aromatic carbocycles. The molecule has 1 fully saturated rings. The van der Waals surface area contributed by atoms with E-state index in [9.17, 15) is 30.3 Å². The highest BCUT2D eigenvalue weighted by Crippen LogP contribution is 2.23. The van der Waals surface area contributed by atoms with Crippen molar-refractivity contribution >= 4 is 5.91 Å². The fourth-order valence-corrected chi connectivity index (χ4v) is 11.5. The molecule has 0 aliphatic carbocycles. The zero-order valence-electron chi connectivity index (χ0n) is 54.0. The predicted octanol–water partition coefficient (Wildman–Crippen LogP) is 19.6. The van der Waals surface area contributed by atoms with Gasteiger partial charge in [-0.3, -0.25) is 4.79 Å². The maximum atomic E-state index is 13.1. The van der Waals surface area contributed by atoms with Gasteiger partial charge in [-0.1, -0.05) is 326 Å². The second kappa shape index (κ2) is 62.2. The molecule has 0 saturated carbocycles. The van der Waals surface area contributed by atoms with Crippen molar-refractivity contribution in [2.24, 2.45) is 0 Å². The predicted molar refractivity (Wildman–Crippen MR) is 350 cm³/mol. The summed E-state index contributed by atoms with van der Waals surface area (Å²) in [7, 11) is 0. The van der Waals surface area contributed by atoms with Gasteiger partial charge in [-0.05, 0) is 70.6 Å². The number of aliphatic hydroxyl groups is 5. The Morgan fingerprint density at radius 3 is 1.02 bits per heavy atom. The van der Waals surface area contributed by atoms with Gasteiger partial charge in [0.1, 0.15) is 24.4 Å². The number of carbonyl (C=O) groups excluding carboxylic acids is 1. The lowest BCUT2D eigenvalue weighted by molar-refractivity contribution is -0.302. The third kappa shape index (κ3) is 50.3. The Morgan fingerprint density at radius 2 is 0.695 bits per heavy atom. The molecule has 0 radical (unpaired) electrons. The van der Waals surface area contributed by atoms with E-state index in [4.69, 9.17) is 9.47 Å². The highest BCUT2D eigenvalue weighted by atomic mass is 16.7. The smallest absolute Gasteiger partial charge is 0.220 e. The van der Waals surface area contributed by atoms with Crippen molar-refractivity contribution in [1.82, 2.24) is 5.32 Å². The Morgan fingerprint density at radius 1 is 0.402 bits per heavy atom. The number of amides is 1. The van der Waals surface area contributed by atoms with Gasteiger partial charge in [0.2, 0.25) is 5.91 Å². The minimum Gasteiger partial charge on any atom is -0.394 e. The SMILES string of the molecule is CCCCCCCCCC/C=C\CCCCCCCCCCCCCCCCCCCC(=O)NC(COC1OC(CO)C(O)C(O)C1O)C(O)/C=C/CC/C=C/CC/C=C/CCCCCCCCCCCCCCCCCCCCCC. The number of hydrogen-bond acceptors (Lipinski definition) is 8. The first-order chi connectivity index (χ1) is 40.3. The van der Waals surface area contributed by atoms with Crippen molar-refractivity contribution < 1.29 is 39.8 Å². The number of allylic oxidation sites excluding steroid dienone is 7. The molecule has 0 aromatic heterocycles. The van der Waals surface area contributed by atoms with Gasteiger partial charge in [-0.15, -0.1) is 0 Å². The van der Waals surface area contributed by atoms with Crippen molar-refractivity contribution in [2.45, 2.75) is 397 Å². The minimum atomic E-state index is -1.58. The molecule has 1 rings (SSSR count). The van der Waals surface area contributed by atoms with Gasteiger partial charge in [0.15, 0.2) is 6.29 Å². The van der Waals surface area contributed by atoms with Crippen molar-refractivity contribution in [3.63, 3.8) is 0 Å². The molecular formula is C73H137NO8. The molecule has 82 heavy (non-hydrogen) atoms. The molecule has 6 N–H and O–H groups in total. The minimum absolute atomic E-state index is 0.185. The Hall–Kier alpha value is -1.85. The van der Waals surface area contributed by atoms with Crippen molar-refractivity contribution in [1.29, 1.82) is 0 Å². The van der Waals surface area contributed by atoms with Gasteiger partial charge >= 0.3 is 0 Å². The van der Waals surface area contributed by atoms with Gasteiger partial charge in [-0.25, -0.2) is 0 Å². The van der Waals surface area contributed by atoms with E-state index in [1.54, 1.807) is 6.08 Å². The number of unbranched alkanes of at least 4 members (excludes halogenated alkanes) is 47. The second-order valence-corrected chi connectivity index (χ2v) is 25.0. The lowest BCUT2D eigenvalue weighted by Crippen LogP contribution is -2.60. The summed E-state index contributed by atoms with van der Waals surface area (Å²) >= 11 is 0. The van der Waals surface area contributed by atoms with Crippen LogP contribution in [0.15, 0.2) is 48.6 Å². The van der Waals surface area contributed by atoms with Crippen LogP contribution in [0.4, 0.5) is 0 Å². The van der Waals surface area contributed by atoms with Crippen molar-refractivity contribution in [3.8, 4) is 0 Å². The molecule has 1 saturated heterocycles. The van der Waals surface area contributed by atoms with Gasteiger partial charge < -0.3 is 40.3 Å². The molecule has 9 heteroatoms. The van der Waals surface area contributed by atoms with Crippen LogP contribution in [0.25, 0.3) is 0 Å². The quantitative estimate of drug-likeness (QED) is 0.0261. The van der Waals surface area contributed by atoms with E-state index in [0.717, 1.165) is 44.9 Å². The summed E-state index contributed by atoms with van der Waals surface area (Å²) in [5, 5.41) is 54.7. The standard InChI is InChI=1S/C73H137NO8/c1-3-5-7-9-11-13-15-17-19-21-23-25-27-29-31-33-35-36-38-40-42-44-46-48-50-52-54-56-58-60-62-67(76)66(65-81-73-72(80)71(79)70(78)68(64-75)82-73)74-69(77)63-61-59-57-55-53-51-49-47-45-43-41-39-37-34-32-30-28-26-24-22-20-18-16-14-12-10-8-6-4-2/h22,24,44,46,52,54,60,62,66-68,70-73,75-76,78-80H,3-21,23,25-43,45,47-51,53,55-59,61,63-65H2,1-2H3,(H,74,77)/b24-22-,46-44+,54-52+,62-60+. The third-order valence-electron chi connectivity index (χ3n) is 17.1. The summed E-state index contributed by atoms with van der Waals surface area (Å²) in [4.78, 5) is 13.1. The fraction of sp³-hybridized carbons (Fsp3) is 0.877. The Balaban J connectivity index is 2.15. The third-order valence-corrected chi connectivity index (χ3v) is 17.1. The van der Waals surface area contributed by atoms with Crippen LogP contribution in [-0.2, 0) is 14.3 Å². The van der Waals surface area contributed by atoms with Gasteiger partial charge in [0.05, 0.1) is 25.4 Å². The first-order valence-electron chi connectivity index (χ1n) is 35.9. The van der Waals surface area contributed by atoms with Crippen LogP contribution in [0.5, 0.6) is 0 Å². The monoisotopic (exact) mass is 1160 g/mol. The molecule has 1 amide bonds. The zero-order valence-corrected chi connectivity index (χ0v) is 54.0. The molecule has 7 unspecified atom stereocenters. The molecule has 0 aromatic rings. The van der Waals surface area contributed by atoms with Crippen LogP contribution in [0.1, 0.15) is 354 Å². The second-order valence-electron chi connectivity index (χ2n) is 25.0. The maximum absolute atomic E-state index is 13.1. The summed E-state index contributed by atoms with van der Waals surface area (Å²) < 4.78 is 11.3. The number of hydrogen-bond donors (Lipinski definition) is 6. The lowest BCUT2D eigenvalue weighted by atomic mass is 9.99. The molecule has 1 aliphatic heterocycles. The molecule has 0 spiro atoms. The normalized spacial score (nSPS) is 18.5. The molecule has 1 aliphatic rings. The number of rotatable bonds is 63. The van der Waals surface area contributed by atoms with Crippen LogP contribution in [0, 0.1) is 0 Å². The summed E-state index contributed by atoms with van der Waals surface area (Å²) in [6.07, 6.45) is 78.0. The first kappa shape index (κ1) is 78.2. The zero-order chi connectivity index (χ0) is 59.3. The Labute approximate surface area is 507 Å². The van der Waals surface area contributed by atoms with Gasteiger partial charge in [0.25, 0.3) is 0 Å². The Kier molecular flexibility index (Phi) is 59.3. The topological polar surface area (TPSA) is 149 Å². The van der Waals surface area contributed by atoms with Gasteiger partial charge in [0, 0.05) is 6.42 Å². The maximum Gasteiger partial charge on any atom is 0.220 e. The molecule has 0 bridgehead atoms.